The first-order valence-corrected chi connectivity index (χ1v) is 7.77. The highest BCUT2D eigenvalue weighted by atomic mass is 16.1. The molecule has 2 aliphatic carbocycles. The Labute approximate surface area is 121 Å². The lowest BCUT2D eigenvalue weighted by Crippen LogP contribution is -2.27. The summed E-state index contributed by atoms with van der Waals surface area (Å²) in [5.41, 5.74) is 9.80. The van der Waals surface area contributed by atoms with Gasteiger partial charge in [-0.3, -0.25) is 4.79 Å². The van der Waals surface area contributed by atoms with Gasteiger partial charge in [-0.2, -0.15) is 0 Å². The van der Waals surface area contributed by atoms with Crippen molar-refractivity contribution in [3.8, 4) is 0 Å². The van der Waals surface area contributed by atoms with E-state index in [9.17, 15) is 4.79 Å². The van der Waals surface area contributed by atoms with E-state index in [1.165, 1.54) is 16.7 Å². The van der Waals surface area contributed by atoms with Gasteiger partial charge in [0.05, 0.1) is 0 Å². The number of ketones is 1. The van der Waals surface area contributed by atoms with Crippen molar-refractivity contribution in [3.63, 3.8) is 0 Å². The molecule has 0 bridgehead atoms. The standard InChI is InChI=1S/C18H23NO/c19-16-9-5-13(6-10-16)11-17(20)12-15-8-7-14-3-1-2-4-18(14)15/h1-4,8,13,16H,5-7,9-12,19H2. The first-order chi connectivity index (χ1) is 9.72. The van der Waals surface area contributed by atoms with E-state index in [1.54, 1.807) is 0 Å². The molecule has 0 aliphatic heterocycles. The topological polar surface area (TPSA) is 43.1 Å². The Morgan fingerprint density at radius 3 is 2.70 bits per heavy atom. The van der Waals surface area contributed by atoms with E-state index in [-0.39, 0.29) is 0 Å². The second-order valence-corrected chi connectivity index (χ2v) is 6.29. The van der Waals surface area contributed by atoms with Crippen LogP contribution in [0.15, 0.2) is 30.3 Å². The lowest BCUT2D eigenvalue weighted by molar-refractivity contribution is -0.119. The van der Waals surface area contributed by atoms with E-state index in [1.807, 2.05) is 0 Å². The highest BCUT2D eigenvalue weighted by molar-refractivity contribution is 5.92. The zero-order chi connectivity index (χ0) is 13.9. The number of carbonyl (C=O) groups excluding carboxylic acids is 1. The third-order valence-corrected chi connectivity index (χ3v) is 4.73. The first-order valence-electron chi connectivity index (χ1n) is 7.77. The largest absolute Gasteiger partial charge is 0.328 e. The molecule has 2 heteroatoms. The van der Waals surface area contributed by atoms with Crippen LogP contribution < -0.4 is 5.73 Å². The van der Waals surface area contributed by atoms with Gasteiger partial charge in [0.15, 0.2) is 0 Å². The van der Waals surface area contributed by atoms with E-state index in [0.29, 0.717) is 24.2 Å². The summed E-state index contributed by atoms with van der Waals surface area (Å²) in [5.74, 6) is 0.966. The fourth-order valence-electron chi connectivity index (χ4n) is 3.52. The molecule has 1 aromatic carbocycles. The Bertz CT molecular complexity index is 524. The van der Waals surface area contributed by atoms with Crippen molar-refractivity contribution >= 4 is 11.4 Å². The molecular formula is C18H23NO. The highest BCUT2D eigenvalue weighted by Gasteiger charge is 2.22. The van der Waals surface area contributed by atoms with Crippen LogP contribution in [0.4, 0.5) is 0 Å². The first kappa shape index (κ1) is 13.6. The summed E-state index contributed by atoms with van der Waals surface area (Å²) in [7, 11) is 0. The van der Waals surface area contributed by atoms with Gasteiger partial charge in [-0.1, -0.05) is 30.3 Å². The molecule has 0 aromatic heterocycles. The summed E-state index contributed by atoms with van der Waals surface area (Å²) < 4.78 is 0. The van der Waals surface area contributed by atoms with Crippen LogP contribution in [0, 0.1) is 5.92 Å². The molecule has 2 nitrogen and oxygen atoms in total. The van der Waals surface area contributed by atoms with Crippen molar-refractivity contribution in [1.29, 1.82) is 0 Å². The number of hydrogen-bond donors (Lipinski definition) is 1. The van der Waals surface area contributed by atoms with E-state index in [4.69, 9.17) is 5.73 Å². The van der Waals surface area contributed by atoms with Crippen molar-refractivity contribution < 1.29 is 4.79 Å². The number of nitrogens with two attached hydrogens (primary N) is 1. The monoisotopic (exact) mass is 269 g/mol. The number of rotatable bonds is 4. The van der Waals surface area contributed by atoms with Crippen LogP contribution in [0.25, 0.3) is 5.57 Å². The molecule has 106 valence electrons. The number of hydrogen-bond acceptors (Lipinski definition) is 2. The molecule has 0 radical (unpaired) electrons. The van der Waals surface area contributed by atoms with Crippen molar-refractivity contribution in [2.45, 2.75) is 51.0 Å². The normalized spacial score (nSPS) is 25.1. The zero-order valence-corrected chi connectivity index (χ0v) is 12.0. The van der Waals surface area contributed by atoms with Gasteiger partial charge in [-0.25, -0.2) is 0 Å². The van der Waals surface area contributed by atoms with E-state index in [2.05, 4.69) is 30.3 Å². The van der Waals surface area contributed by atoms with E-state index >= 15 is 0 Å². The van der Waals surface area contributed by atoms with Gasteiger partial charge in [0, 0.05) is 18.9 Å². The quantitative estimate of drug-likeness (QED) is 0.909. The van der Waals surface area contributed by atoms with Gasteiger partial charge >= 0.3 is 0 Å². The van der Waals surface area contributed by atoms with Gasteiger partial charge in [-0.15, -0.1) is 0 Å². The predicted molar refractivity (Wildman–Crippen MR) is 82.3 cm³/mol. The number of fused-ring (bicyclic) bond motifs is 1. The summed E-state index contributed by atoms with van der Waals surface area (Å²) >= 11 is 0. The molecule has 0 atom stereocenters. The maximum Gasteiger partial charge on any atom is 0.137 e. The summed E-state index contributed by atoms with van der Waals surface area (Å²) in [6.07, 6.45) is 8.99. The average Bonchev–Trinajstić information content (AvgIpc) is 2.85. The summed E-state index contributed by atoms with van der Waals surface area (Å²) in [5, 5.41) is 0. The van der Waals surface area contributed by atoms with Crippen LogP contribution in [0.5, 0.6) is 0 Å². The van der Waals surface area contributed by atoms with Crippen LogP contribution >= 0.6 is 0 Å². The van der Waals surface area contributed by atoms with Gasteiger partial charge in [0.1, 0.15) is 5.78 Å². The van der Waals surface area contributed by atoms with Crippen LogP contribution in [0.2, 0.25) is 0 Å². The lowest BCUT2D eigenvalue weighted by atomic mass is 9.82. The molecule has 20 heavy (non-hydrogen) atoms. The molecule has 0 unspecified atom stereocenters. The SMILES string of the molecule is NC1CCC(CC(=O)CC2=CCc3ccccc32)CC1. The number of Topliss-reactive ketones (excluding diaryl/α,β-unsaturated/α-hetero) is 1. The van der Waals surface area contributed by atoms with Crippen LogP contribution in [0.1, 0.15) is 49.7 Å². The number of allylic oxidation sites excluding steroid dienone is 2. The minimum Gasteiger partial charge on any atom is -0.328 e. The molecule has 3 rings (SSSR count). The molecule has 2 aliphatic rings. The second-order valence-electron chi connectivity index (χ2n) is 6.29. The highest BCUT2D eigenvalue weighted by Crippen LogP contribution is 2.32. The molecule has 0 saturated heterocycles. The second kappa shape index (κ2) is 5.92. The Balaban J connectivity index is 1.55. The van der Waals surface area contributed by atoms with Crippen molar-refractivity contribution in [1.82, 2.24) is 0 Å². The Morgan fingerprint density at radius 2 is 1.90 bits per heavy atom. The Hall–Kier alpha value is -1.41. The van der Waals surface area contributed by atoms with Crippen LogP contribution in [0.3, 0.4) is 0 Å². The maximum absolute atomic E-state index is 12.3. The lowest BCUT2D eigenvalue weighted by Gasteiger charge is -2.25. The number of benzene rings is 1. The predicted octanol–water partition coefficient (Wildman–Crippen LogP) is 3.49. The van der Waals surface area contributed by atoms with Gasteiger partial charge in [-0.05, 0) is 54.7 Å². The summed E-state index contributed by atoms with van der Waals surface area (Å²) in [6, 6.07) is 8.80. The maximum atomic E-state index is 12.3. The molecule has 0 heterocycles. The third kappa shape index (κ3) is 3.01. The molecule has 1 saturated carbocycles. The fraction of sp³-hybridized carbons (Fsp3) is 0.500. The molecule has 1 fully saturated rings. The van der Waals surface area contributed by atoms with E-state index < -0.39 is 0 Å². The smallest absolute Gasteiger partial charge is 0.137 e. The summed E-state index contributed by atoms with van der Waals surface area (Å²) in [4.78, 5) is 12.3. The average molecular weight is 269 g/mol. The minimum absolute atomic E-state index is 0.366. The summed E-state index contributed by atoms with van der Waals surface area (Å²) in [6.45, 7) is 0. The minimum atomic E-state index is 0.366. The van der Waals surface area contributed by atoms with Crippen molar-refractivity contribution in [3.05, 3.63) is 41.5 Å². The van der Waals surface area contributed by atoms with Crippen LogP contribution in [-0.4, -0.2) is 11.8 Å². The van der Waals surface area contributed by atoms with Gasteiger partial charge in [0.2, 0.25) is 0 Å². The zero-order valence-electron chi connectivity index (χ0n) is 12.0. The van der Waals surface area contributed by atoms with Gasteiger partial charge in [0.25, 0.3) is 0 Å². The molecule has 0 spiro atoms. The molecule has 2 N–H and O–H groups in total. The van der Waals surface area contributed by atoms with E-state index in [0.717, 1.165) is 38.5 Å². The Morgan fingerprint density at radius 1 is 1.15 bits per heavy atom. The molecular weight excluding hydrogens is 246 g/mol. The third-order valence-electron chi connectivity index (χ3n) is 4.73. The molecule has 1 aromatic rings. The Kier molecular flexibility index (Phi) is 4.02. The number of carbonyl (C=O) groups is 1. The molecule has 0 amide bonds. The van der Waals surface area contributed by atoms with Gasteiger partial charge < -0.3 is 5.73 Å². The van der Waals surface area contributed by atoms with Crippen LogP contribution in [-0.2, 0) is 11.2 Å². The fourth-order valence-corrected chi connectivity index (χ4v) is 3.52. The van der Waals surface area contributed by atoms with Crippen molar-refractivity contribution in [2.75, 3.05) is 0 Å². The van der Waals surface area contributed by atoms with Crippen molar-refractivity contribution in [2.24, 2.45) is 11.7 Å².